The predicted octanol–water partition coefficient (Wildman–Crippen LogP) is 2.82. The number of rotatable bonds is 7. The summed E-state index contributed by atoms with van der Waals surface area (Å²) in [6.07, 6.45) is 2.93. The van der Waals surface area contributed by atoms with Gasteiger partial charge in [-0.05, 0) is 42.3 Å². The fourth-order valence-electron chi connectivity index (χ4n) is 1.73. The lowest BCUT2D eigenvalue weighted by Gasteiger charge is -2.14. The molecular formula is C13H21BrN2O2. The Morgan fingerprint density at radius 3 is 2.89 bits per heavy atom. The van der Waals surface area contributed by atoms with Crippen LogP contribution in [-0.4, -0.2) is 29.7 Å². The number of aromatic nitrogens is 1. The average Bonchev–Trinajstić information content (AvgIpc) is 2.68. The van der Waals surface area contributed by atoms with Crippen molar-refractivity contribution >= 4 is 21.8 Å². The molecule has 0 spiro atoms. The van der Waals surface area contributed by atoms with Gasteiger partial charge in [0.25, 0.3) is 5.91 Å². The Labute approximate surface area is 117 Å². The van der Waals surface area contributed by atoms with E-state index in [2.05, 4.69) is 28.2 Å². The third kappa shape index (κ3) is 4.46. The first kappa shape index (κ1) is 15.2. The number of carbonyl (C=O) groups excluding carboxylic acids is 1. The molecule has 1 N–H and O–H groups in total. The maximum atomic E-state index is 12.1. The van der Waals surface area contributed by atoms with Gasteiger partial charge >= 0.3 is 0 Å². The van der Waals surface area contributed by atoms with Crippen molar-refractivity contribution in [3.8, 4) is 0 Å². The monoisotopic (exact) mass is 316 g/mol. The molecule has 1 unspecified atom stereocenters. The van der Waals surface area contributed by atoms with Crippen LogP contribution in [0, 0.1) is 0 Å². The number of halogens is 1. The van der Waals surface area contributed by atoms with Crippen LogP contribution in [0.3, 0.4) is 0 Å². The second kappa shape index (κ2) is 7.59. The van der Waals surface area contributed by atoms with Crippen LogP contribution in [0.25, 0.3) is 0 Å². The zero-order valence-electron chi connectivity index (χ0n) is 11.2. The SMILES string of the molecule is CCCn1cc(Br)cc1C(=O)NC(C)COCC. The summed E-state index contributed by atoms with van der Waals surface area (Å²) in [5, 5.41) is 2.94. The van der Waals surface area contributed by atoms with Crippen molar-refractivity contribution in [1.29, 1.82) is 0 Å². The van der Waals surface area contributed by atoms with E-state index in [1.807, 2.05) is 30.7 Å². The number of nitrogens with zero attached hydrogens (tertiary/aromatic N) is 1. The van der Waals surface area contributed by atoms with Crippen molar-refractivity contribution in [2.75, 3.05) is 13.2 Å². The lowest BCUT2D eigenvalue weighted by atomic mass is 10.3. The van der Waals surface area contributed by atoms with Gasteiger partial charge in [0, 0.05) is 29.9 Å². The molecule has 0 aromatic carbocycles. The lowest BCUT2D eigenvalue weighted by molar-refractivity contribution is 0.0863. The van der Waals surface area contributed by atoms with Crippen LogP contribution in [0.1, 0.15) is 37.7 Å². The Morgan fingerprint density at radius 2 is 2.28 bits per heavy atom. The summed E-state index contributed by atoms with van der Waals surface area (Å²) in [4.78, 5) is 12.1. The molecule has 0 fully saturated rings. The molecule has 1 aromatic rings. The first-order chi connectivity index (χ1) is 8.58. The summed E-state index contributed by atoms with van der Waals surface area (Å²) < 4.78 is 8.18. The molecule has 18 heavy (non-hydrogen) atoms. The summed E-state index contributed by atoms with van der Waals surface area (Å²) in [6.45, 7) is 8.02. The first-order valence-electron chi connectivity index (χ1n) is 6.32. The number of hydrogen-bond acceptors (Lipinski definition) is 2. The Kier molecular flexibility index (Phi) is 6.43. The van der Waals surface area contributed by atoms with E-state index in [0.717, 1.165) is 17.4 Å². The summed E-state index contributed by atoms with van der Waals surface area (Å²) in [6, 6.07) is 1.86. The predicted molar refractivity (Wildman–Crippen MR) is 75.8 cm³/mol. The normalized spacial score (nSPS) is 12.4. The van der Waals surface area contributed by atoms with Crippen LogP contribution in [0.15, 0.2) is 16.7 Å². The van der Waals surface area contributed by atoms with E-state index in [0.29, 0.717) is 18.9 Å². The average molecular weight is 317 g/mol. The van der Waals surface area contributed by atoms with Gasteiger partial charge in [0.15, 0.2) is 0 Å². The maximum Gasteiger partial charge on any atom is 0.268 e. The number of nitrogens with one attached hydrogen (secondary N) is 1. The highest BCUT2D eigenvalue weighted by molar-refractivity contribution is 9.10. The molecule has 0 aliphatic rings. The minimum Gasteiger partial charge on any atom is -0.380 e. The standard InChI is InChI=1S/C13H21BrN2O2/c1-4-6-16-8-11(14)7-12(16)13(17)15-10(3)9-18-5-2/h7-8,10H,4-6,9H2,1-3H3,(H,15,17). The van der Waals surface area contributed by atoms with Crippen LogP contribution in [0.4, 0.5) is 0 Å². The lowest BCUT2D eigenvalue weighted by Crippen LogP contribution is -2.36. The summed E-state index contributed by atoms with van der Waals surface area (Å²) in [7, 11) is 0. The Morgan fingerprint density at radius 1 is 1.56 bits per heavy atom. The Bertz CT molecular complexity index is 390. The number of amides is 1. The van der Waals surface area contributed by atoms with Crippen LogP contribution < -0.4 is 5.32 Å². The van der Waals surface area contributed by atoms with Gasteiger partial charge in [-0.3, -0.25) is 4.79 Å². The fourth-order valence-corrected chi connectivity index (χ4v) is 2.19. The van der Waals surface area contributed by atoms with E-state index >= 15 is 0 Å². The van der Waals surface area contributed by atoms with Crippen molar-refractivity contribution in [2.45, 2.75) is 39.8 Å². The van der Waals surface area contributed by atoms with Gasteiger partial charge in [0.05, 0.1) is 6.61 Å². The van der Waals surface area contributed by atoms with Crippen molar-refractivity contribution in [1.82, 2.24) is 9.88 Å². The van der Waals surface area contributed by atoms with Crippen LogP contribution in [-0.2, 0) is 11.3 Å². The van der Waals surface area contributed by atoms with Crippen LogP contribution >= 0.6 is 15.9 Å². The molecule has 1 heterocycles. The Hall–Kier alpha value is -0.810. The molecule has 0 saturated carbocycles. The molecule has 0 saturated heterocycles. The van der Waals surface area contributed by atoms with Gasteiger partial charge in [-0.1, -0.05) is 6.92 Å². The van der Waals surface area contributed by atoms with Crippen molar-refractivity contribution in [2.24, 2.45) is 0 Å². The third-order valence-electron chi connectivity index (χ3n) is 2.51. The molecule has 0 aliphatic heterocycles. The quantitative estimate of drug-likeness (QED) is 0.840. The van der Waals surface area contributed by atoms with Gasteiger partial charge in [0.2, 0.25) is 0 Å². The highest BCUT2D eigenvalue weighted by Crippen LogP contribution is 2.15. The second-order valence-electron chi connectivity index (χ2n) is 4.27. The molecule has 5 heteroatoms. The maximum absolute atomic E-state index is 12.1. The van der Waals surface area contributed by atoms with Crippen molar-refractivity contribution in [3.63, 3.8) is 0 Å². The smallest absolute Gasteiger partial charge is 0.268 e. The molecule has 1 atom stereocenters. The largest absolute Gasteiger partial charge is 0.380 e. The fraction of sp³-hybridized carbons (Fsp3) is 0.615. The first-order valence-corrected chi connectivity index (χ1v) is 7.12. The second-order valence-corrected chi connectivity index (χ2v) is 5.19. The van der Waals surface area contributed by atoms with E-state index in [4.69, 9.17) is 4.74 Å². The van der Waals surface area contributed by atoms with E-state index in [9.17, 15) is 4.79 Å². The molecule has 0 aliphatic carbocycles. The van der Waals surface area contributed by atoms with E-state index < -0.39 is 0 Å². The number of aryl methyl sites for hydroxylation is 1. The van der Waals surface area contributed by atoms with E-state index in [1.54, 1.807) is 0 Å². The minimum atomic E-state index is -0.0543. The summed E-state index contributed by atoms with van der Waals surface area (Å²) in [5.74, 6) is -0.0543. The topological polar surface area (TPSA) is 43.3 Å². The molecule has 102 valence electrons. The molecule has 0 bridgehead atoms. The highest BCUT2D eigenvalue weighted by atomic mass is 79.9. The van der Waals surface area contributed by atoms with Crippen LogP contribution in [0.2, 0.25) is 0 Å². The Balaban J connectivity index is 2.65. The minimum absolute atomic E-state index is 0.0150. The molecule has 0 radical (unpaired) electrons. The molecule has 1 aromatic heterocycles. The van der Waals surface area contributed by atoms with Gasteiger partial charge < -0.3 is 14.6 Å². The van der Waals surface area contributed by atoms with Gasteiger partial charge in [-0.2, -0.15) is 0 Å². The van der Waals surface area contributed by atoms with Gasteiger partial charge in [-0.15, -0.1) is 0 Å². The van der Waals surface area contributed by atoms with E-state index in [-0.39, 0.29) is 11.9 Å². The zero-order chi connectivity index (χ0) is 13.5. The van der Waals surface area contributed by atoms with Crippen LogP contribution in [0.5, 0.6) is 0 Å². The number of hydrogen-bond donors (Lipinski definition) is 1. The molecular weight excluding hydrogens is 296 g/mol. The molecule has 1 rings (SSSR count). The number of ether oxygens (including phenoxy) is 1. The van der Waals surface area contributed by atoms with Crippen molar-refractivity contribution < 1.29 is 9.53 Å². The summed E-state index contributed by atoms with van der Waals surface area (Å²) >= 11 is 3.40. The van der Waals surface area contributed by atoms with Gasteiger partial charge in [-0.25, -0.2) is 0 Å². The highest BCUT2D eigenvalue weighted by Gasteiger charge is 2.14. The zero-order valence-corrected chi connectivity index (χ0v) is 12.8. The summed E-state index contributed by atoms with van der Waals surface area (Å²) in [5.41, 5.74) is 0.687. The molecule has 4 nitrogen and oxygen atoms in total. The van der Waals surface area contributed by atoms with Crippen molar-refractivity contribution in [3.05, 3.63) is 22.4 Å². The third-order valence-corrected chi connectivity index (χ3v) is 2.94. The number of carbonyl (C=O) groups is 1. The van der Waals surface area contributed by atoms with E-state index in [1.165, 1.54) is 0 Å². The van der Waals surface area contributed by atoms with Gasteiger partial charge in [0.1, 0.15) is 5.69 Å². The molecule has 1 amide bonds.